The number of carbonyl (C=O) groups is 2. The Morgan fingerprint density at radius 3 is 2.55 bits per heavy atom. The lowest BCUT2D eigenvalue weighted by Crippen LogP contribution is -2.23. The van der Waals surface area contributed by atoms with E-state index < -0.39 is 5.97 Å². The highest BCUT2D eigenvalue weighted by Crippen LogP contribution is 2.24. The summed E-state index contributed by atoms with van der Waals surface area (Å²) in [5, 5.41) is 0. The number of hydrogen-bond donors (Lipinski definition) is 0. The minimum atomic E-state index is -0.558. The largest absolute Gasteiger partial charge is 0.422 e. The average Bonchev–Trinajstić information content (AvgIpc) is 2.95. The maximum atomic E-state index is 11.9. The fourth-order valence-corrected chi connectivity index (χ4v) is 2.27. The maximum Gasteiger partial charge on any atom is 0.363 e. The first-order valence-electron chi connectivity index (χ1n) is 7.05. The Morgan fingerprint density at radius 2 is 1.95 bits per heavy atom. The SMILES string of the molecule is Cc1cnc(C(=O)Oc2ccc(N3CCCC3=O)cc2)cn1. The van der Waals surface area contributed by atoms with Crippen molar-refractivity contribution in [2.45, 2.75) is 19.8 Å². The van der Waals surface area contributed by atoms with Crippen LogP contribution in [-0.4, -0.2) is 28.4 Å². The highest BCUT2D eigenvalue weighted by atomic mass is 16.5. The summed E-state index contributed by atoms with van der Waals surface area (Å²) in [7, 11) is 0. The first-order valence-corrected chi connectivity index (χ1v) is 7.05. The zero-order valence-corrected chi connectivity index (χ0v) is 12.2. The third-order valence-electron chi connectivity index (χ3n) is 3.42. The Labute approximate surface area is 127 Å². The van der Waals surface area contributed by atoms with E-state index in [1.54, 1.807) is 36.1 Å². The summed E-state index contributed by atoms with van der Waals surface area (Å²) in [6.45, 7) is 2.53. The van der Waals surface area contributed by atoms with Gasteiger partial charge in [-0.25, -0.2) is 9.78 Å². The lowest BCUT2D eigenvalue weighted by Gasteiger charge is -2.15. The fourth-order valence-electron chi connectivity index (χ4n) is 2.27. The van der Waals surface area contributed by atoms with Crippen molar-refractivity contribution in [1.82, 2.24) is 9.97 Å². The molecule has 1 aromatic heterocycles. The van der Waals surface area contributed by atoms with Crippen molar-refractivity contribution in [1.29, 1.82) is 0 Å². The third kappa shape index (κ3) is 2.95. The van der Waals surface area contributed by atoms with Crippen LogP contribution in [0, 0.1) is 6.92 Å². The Hall–Kier alpha value is -2.76. The number of esters is 1. The van der Waals surface area contributed by atoms with E-state index in [2.05, 4.69) is 9.97 Å². The molecular formula is C16H15N3O3. The van der Waals surface area contributed by atoms with Gasteiger partial charge in [-0.05, 0) is 37.6 Å². The summed E-state index contributed by atoms with van der Waals surface area (Å²) in [6, 6.07) is 6.88. The zero-order chi connectivity index (χ0) is 15.5. The van der Waals surface area contributed by atoms with Crippen molar-refractivity contribution in [2.75, 3.05) is 11.4 Å². The number of anilines is 1. The van der Waals surface area contributed by atoms with Gasteiger partial charge in [0.15, 0.2) is 5.69 Å². The van der Waals surface area contributed by atoms with E-state index in [-0.39, 0.29) is 11.6 Å². The maximum absolute atomic E-state index is 11.9. The lowest BCUT2D eigenvalue weighted by atomic mass is 10.3. The highest BCUT2D eigenvalue weighted by molar-refractivity contribution is 5.95. The van der Waals surface area contributed by atoms with Crippen molar-refractivity contribution in [3.63, 3.8) is 0 Å². The van der Waals surface area contributed by atoms with E-state index >= 15 is 0 Å². The molecule has 0 N–H and O–H groups in total. The smallest absolute Gasteiger partial charge is 0.363 e. The van der Waals surface area contributed by atoms with E-state index in [0.29, 0.717) is 12.2 Å². The normalized spacial score (nSPS) is 14.2. The van der Waals surface area contributed by atoms with Crippen molar-refractivity contribution in [3.8, 4) is 5.75 Å². The number of benzene rings is 1. The first kappa shape index (κ1) is 14.2. The van der Waals surface area contributed by atoms with Gasteiger partial charge in [-0.1, -0.05) is 0 Å². The number of rotatable bonds is 3. The molecule has 0 unspecified atom stereocenters. The van der Waals surface area contributed by atoms with Crippen molar-refractivity contribution in [3.05, 3.63) is 48.0 Å². The Morgan fingerprint density at radius 1 is 1.18 bits per heavy atom. The molecule has 0 spiro atoms. The van der Waals surface area contributed by atoms with Crippen LogP contribution in [0.1, 0.15) is 29.0 Å². The van der Waals surface area contributed by atoms with Crippen LogP contribution in [0.3, 0.4) is 0 Å². The Bertz CT molecular complexity index is 696. The molecule has 2 heterocycles. The molecule has 0 atom stereocenters. The van der Waals surface area contributed by atoms with Crippen LogP contribution < -0.4 is 9.64 Å². The van der Waals surface area contributed by atoms with Crippen LogP contribution in [0.25, 0.3) is 0 Å². The Balaban J connectivity index is 1.69. The summed E-state index contributed by atoms with van der Waals surface area (Å²) in [5.41, 5.74) is 1.71. The minimum Gasteiger partial charge on any atom is -0.422 e. The second-order valence-electron chi connectivity index (χ2n) is 5.08. The highest BCUT2D eigenvalue weighted by Gasteiger charge is 2.21. The molecule has 1 amide bonds. The number of amides is 1. The molecule has 1 saturated heterocycles. The van der Waals surface area contributed by atoms with E-state index in [4.69, 9.17) is 4.74 Å². The molecule has 6 heteroatoms. The summed E-state index contributed by atoms with van der Waals surface area (Å²) in [4.78, 5) is 33.3. The molecule has 1 aliphatic heterocycles. The van der Waals surface area contributed by atoms with Crippen molar-refractivity contribution in [2.24, 2.45) is 0 Å². The molecule has 2 aromatic rings. The van der Waals surface area contributed by atoms with Gasteiger partial charge in [-0.3, -0.25) is 9.78 Å². The minimum absolute atomic E-state index is 0.125. The van der Waals surface area contributed by atoms with Crippen molar-refractivity contribution >= 4 is 17.6 Å². The second kappa shape index (κ2) is 5.93. The zero-order valence-electron chi connectivity index (χ0n) is 12.2. The molecule has 1 aromatic carbocycles. The molecule has 3 rings (SSSR count). The van der Waals surface area contributed by atoms with Crippen molar-refractivity contribution < 1.29 is 14.3 Å². The van der Waals surface area contributed by atoms with Gasteiger partial charge in [0.05, 0.1) is 11.9 Å². The van der Waals surface area contributed by atoms with Gasteiger partial charge in [-0.2, -0.15) is 0 Å². The Kier molecular flexibility index (Phi) is 3.82. The number of carbonyl (C=O) groups excluding carboxylic acids is 2. The van der Waals surface area contributed by atoms with Gasteiger partial charge in [0.1, 0.15) is 5.75 Å². The summed E-state index contributed by atoms with van der Waals surface area (Å²) in [6.07, 6.45) is 4.36. The quantitative estimate of drug-likeness (QED) is 0.641. The van der Waals surface area contributed by atoms with Gasteiger partial charge in [-0.15, -0.1) is 0 Å². The molecule has 0 saturated carbocycles. The van der Waals surface area contributed by atoms with Gasteiger partial charge in [0.2, 0.25) is 5.91 Å². The predicted molar refractivity (Wildman–Crippen MR) is 79.8 cm³/mol. The fraction of sp³-hybridized carbons (Fsp3) is 0.250. The number of nitrogens with zero attached hydrogens (tertiary/aromatic N) is 3. The topological polar surface area (TPSA) is 72.4 Å². The van der Waals surface area contributed by atoms with Gasteiger partial charge in [0.25, 0.3) is 0 Å². The van der Waals surface area contributed by atoms with E-state index in [1.807, 2.05) is 0 Å². The number of aromatic nitrogens is 2. The lowest BCUT2D eigenvalue weighted by molar-refractivity contribution is -0.117. The molecule has 1 aliphatic rings. The van der Waals surface area contributed by atoms with Crippen LogP contribution in [-0.2, 0) is 4.79 Å². The summed E-state index contributed by atoms with van der Waals surface area (Å²) >= 11 is 0. The van der Waals surface area contributed by atoms with Crippen LogP contribution >= 0.6 is 0 Å². The molecule has 112 valence electrons. The first-order chi connectivity index (χ1) is 10.6. The second-order valence-corrected chi connectivity index (χ2v) is 5.08. The summed E-state index contributed by atoms with van der Waals surface area (Å²) in [5.74, 6) is -0.0278. The monoisotopic (exact) mass is 297 g/mol. The molecule has 6 nitrogen and oxygen atoms in total. The average molecular weight is 297 g/mol. The molecule has 1 fully saturated rings. The van der Waals surface area contributed by atoms with Crippen LogP contribution in [0.2, 0.25) is 0 Å². The van der Waals surface area contributed by atoms with Gasteiger partial charge in [0, 0.05) is 24.8 Å². The molecule has 0 bridgehead atoms. The van der Waals surface area contributed by atoms with Crippen LogP contribution in [0.4, 0.5) is 5.69 Å². The number of ether oxygens (including phenoxy) is 1. The van der Waals surface area contributed by atoms with Crippen LogP contribution in [0.5, 0.6) is 5.75 Å². The predicted octanol–water partition coefficient (Wildman–Crippen LogP) is 2.13. The molecular weight excluding hydrogens is 282 g/mol. The number of hydrogen-bond acceptors (Lipinski definition) is 5. The number of aryl methyl sites for hydroxylation is 1. The standard InChI is InChI=1S/C16H15N3O3/c1-11-9-18-14(10-17-11)16(21)22-13-6-4-12(5-7-13)19-8-2-3-15(19)20/h4-7,9-10H,2-3,8H2,1H3. The molecule has 22 heavy (non-hydrogen) atoms. The third-order valence-corrected chi connectivity index (χ3v) is 3.42. The van der Waals surface area contributed by atoms with E-state index in [0.717, 1.165) is 24.3 Å². The summed E-state index contributed by atoms with van der Waals surface area (Å²) < 4.78 is 5.24. The van der Waals surface area contributed by atoms with Gasteiger partial charge >= 0.3 is 5.97 Å². The van der Waals surface area contributed by atoms with E-state index in [1.165, 1.54) is 12.4 Å². The van der Waals surface area contributed by atoms with Crippen LogP contribution in [0.15, 0.2) is 36.7 Å². The molecule has 0 radical (unpaired) electrons. The molecule has 0 aliphatic carbocycles. The van der Waals surface area contributed by atoms with Gasteiger partial charge < -0.3 is 9.64 Å². The van der Waals surface area contributed by atoms with E-state index in [9.17, 15) is 9.59 Å².